The Bertz CT molecular complexity index is 656. The van der Waals surface area contributed by atoms with Crippen molar-refractivity contribution in [2.75, 3.05) is 5.75 Å². The van der Waals surface area contributed by atoms with Crippen LogP contribution < -0.4 is 5.32 Å². The van der Waals surface area contributed by atoms with Crippen molar-refractivity contribution in [3.63, 3.8) is 0 Å². The average Bonchev–Trinajstić information content (AvgIpc) is 2.93. The fraction of sp³-hybridized carbons (Fsp3) is 0.400. The Kier molecular flexibility index (Phi) is 6.09. The maximum atomic E-state index is 13.0. The standard InChI is InChI=1S/C15H17F2N3O2S/c1-9(2)15-19-13(20-22-15)7-23-8-14(21)18-6-10-3-11(16)5-12(17)4-10/h3-5,9H,6-8H2,1-2H3,(H,18,21). The molecular weight excluding hydrogens is 324 g/mol. The first-order chi connectivity index (χ1) is 10.9. The van der Waals surface area contributed by atoms with Gasteiger partial charge in [-0.15, -0.1) is 11.8 Å². The number of hydrogen-bond donors (Lipinski definition) is 1. The molecule has 0 spiro atoms. The number of nitrogens with one attached hydrogen (secondary N) is 1. The van der Waals surface area contributed by atoms with Gasteiger partial charge in [0.05, 0.1) is 11.5 Å². The van der Waals surface area contributed by atoms with Gasteiger partial charge in [-0.05, 0) is 17.7 Å². The zero-order valence-electron chi connectivity index (χ0n) is 12.8. The van der Waals surface area contributed by atoms with Crippen molar-refractivity contribution in [3.8, 4) is 0 Å². The SMILES string of the molecule is CC(C)c1nc(CSCC(=O)NCc2cc(F)cc(F)c2)no1. The predicted molar refractivity (Wildman–Crippen MR) is 82.8 cm³/mol. The Hall–Kier alpha value is -1.96. The lowest BCUT2D eigenvalue weighted by atomic mass is 10.2. The molecule has 23 heavy (non-hydrogen) atoms. The Morgan fingerprint density at radius 1 is 1.30 bits per heavy atom. The largest absolute Gasteiger partial charge is 0.351 e. The average molecular weight is 341 g/mol. The van der Waals surface area contributed by atoms with Crippen LogP contribution in [0.5, 0.6) is 0 Å². The number of rotatable bonds is 7. The third-order valence-electron chi connectivity index (χ3n) is 2.85. The molecule has 0 radical (unpaired) electrons. The van der Waals surface area contributed by atoms with Crippen LogP contribution in [-0.4, -0.2) is 21.8 Å². The van der Waals surface area contributed by atoms with E-state index >= 15 is 0 Å². The molecule has 0 bridgehead atoms. The van der Waals surface area contributed by atoms with Gasteiger partial charge in [0.25, 0.3) is 0 Å². The summed E-state index contributed by atoms with van der Waals surface area (Å²) in [5.74, 6) is 0.366. The molecule has 8 heteroatoms. The Morgan fingerprint density at radius 3 is 2.61 bits per heavy atom. The van der Waals surface area contributed by atoms with E-state index in [1.807, 2.05) is 13.8 Å². The van der Waals surface area contributed by atoms with E-state index in [0.29, 0.717) is 23.0 Å². The van der Waals surface area contributed by atoms with Crippen LogP contribution in [0.2, 0.25) is 0 Å². The van der Waals surface area contributed by atoms with E-state index in [1.54, 1.807) is 0 Å². The summed E-state index contributed by atoms with van der Waals surface area (Å²) in [5.41, 5.74) is 0.376. The lowest BCUT2D eigenvalue weighted by Crippen LogP contribution is -2.24. The first kappa shape index (κ1) is 17.4. The maximum Gasteiger partial charge on any atom is 0.230 e. The highest BCUT2D eigenvalue weighted by Crippen LogP contribution is 2.14. The number of amides is 1. The molecule has 1 aromatic heterocycles. The van der Waals surface area contributed by atoms with Crippen LogP contribution in [0.25, 0.3) is 0 Å². The Morgan fingerprint density at radius 2 is 2.00 bits per heavy atom. The molecule has 1 heterocycles. The van der Waals surface area contributed by atoms with Gasteiger partial charge in [0, 0.05) is 18.5 Å². The van der Waals surface area contributed by atoms with Gasteiger partial charge < -0.3 is 9.84 Å². The van der Waals surface area contributed by atoms with Crippen molar-refractivity contribution in [3.05, 3.63) is 47.1 Å². The van der Waals surface area contributed by atoms with Gasteiger partial charge in [-0.25, -0.2) is 8.78 Å². The van der Waals surface area contributed by atoms with Gasteiger partial charge >= 0.3 is 0 Å². The molecule has 0 aliphatic heterocycles. The minimum Gasteiger partial charge on any atom is -0.351 e. The summed E-state index contributed by atoms with van der Waals surface area (Å²) in [4.78, 5) is 15.9. The Labute approximate surface area is 136 Å². The van der Waals surface area contributed by atoms with Crippen molar-refractivity contribution in [2.24, 2.45) is 0 Å². The van der Waals surface area contributed by atoms with Crippen LogP contribution >= 0.6 is 11.8 Å². The molecule has 2 rings (SSSR count). The molecule has 0 saturated heterocycles. The fourth-order valence-corrected chi connectivity index (χ4v) is 2.45. The molecule has 0 unspecified atom stereocenters. The molecule has 1 N–H and O–H groups in total. The lowest BCUT2D eigenvalue weighted by molar-refractivity contribution is -0.118. The normalized spacial score (nSPS) is 11.0. The third-order valence-corrected chi connectivity index (χ3v) is 3.78. The van der Waals surface area contributed by atoms with Gasteiger partial charge in [-0.1, -0.05) is 19.0 Å². The van der Waals surface area contributed by atoms with Crippen molar-refractivity contribution < 1.29 is 18.1 Å². The molecule has 2 aromatic rings. The summed E-state index contributed by atoms with van der Waals surface area (Å²) >= 11 is 1.34. The Balaban J connectivity index is 1.72. The molecular formula is C15H17F2N3O2S. The predicted octanol–water partition coefficient (Wildman–Crippen LogP) is 3.02. The second kappa shape index (κ2) is 8.05. The number of benzene rings is 1. The van der Waals surface area contributed by atoms with Gasteiger partial charge in [-0.3, -0.25) is 4.79 Å². The molecule has 0 saturated carbocycles. The molecule has 0 aliphatic rings. The minimum absolute atomic E-state index is 0.0772. The number of carbonyl (C=O) groups is 1. The first-order valence-electron chi connectivity index (χ1n) is 7.06. The van der Waals surface area contributed by atoms with E-state index in [0.717, 1.165) is 6.07 Å². The minimum atomic E-state index is -0.665. The second-order valence-corrected chi connectivity index (χ2v) is 6.24. The fourth-order valence-electron chi connectivity index (χ4n) is 1.76. The third kappa shape index (κ3) is 5.63. The van der Waals surface area contributed by atoms with Gasteiger partial charge in [-0.2, -0.15) is 4.98 Å². The van der Waals surface area contributed by atoms with Crippen molar-refractivity contribution in [2.45, 2.75) is 32.1 Å². The van der Waals surface area contributed by atoms with Crippen LogP contribution in [0.1, 0.15) is 37.0 Å². The van der Waals surface area contributed by atoms with Crippen LogP contribution in [0.3, 0.4) is 0 Å². The number of nitrogens with zero attached hydrogens (tertiary/aromatic N) is 2. The first-order valence-corrected chi connectivity index (χ1v) is 8.21. The van der Waals surface area contributed by atoms with Crippen LogP contribution in [0.4, 0.5) is 8.78 Å². The summed E-state index contributed by atoms with van der Waals surface area (Å²) in [6, 6.07) is 3.16. The molecule has 1 aromatic carbocycles. The highest BCUT2D eigenvalue weighted by Gasteiger charge is 2.10. The molecule has 1 amide bonds. The number of halogens is 2. The van der Waals surface area contributed by atoms with Crippen LogP contribution in [-0.2, 0) is 17.1 Å². The summed E-state index contributed by atoms with van der Waals surface area (Å²) in [6.45, 7) is 3.98. The van der Waals surface area contributed by atoms with Crippen LogP contribution in [0.15, 0.2) is 22.7 Å². The van der Waals surface area contributed by atoms with E-state index in [1.165, 1.54) is 23.9 Å². The topological polar surface area (TPSA) is 68.0 Å². The van der Waals surface area contributed by atoms with Gasteiger partial charge in [0.2, 0.25) is 11.8 Å². The molecule has 0 atom stereocenters. The van der Waals surface area contributed by atoms with Gasteiger partial charge in [0.15, 0.2) is 5.82 Å². The quantitative estimate of drug-likeness (QED) is 0.838. The molecule has 0 fully saturated rings. The number of carbonyl (C=O) groups excluding carboxylic acids is 1. The van der Waals surface area contributed by atoms with E-state index in [-0.39, 0.29) is 24.1 Å². The van der Waals surface area contributed by atoms with Crippen molar-refractivity contribution in [1.82, 2.24) is 15.5 Å². The number of hydrogen-bond acceptors (Lipinski definition) is 5. The second-order valence-electron chi connectivity index (χ2n) is 5.25. The smallest absolute Gasteiger partial charge is 0.230 e. The summed E-state index contributed by atoms with van der Waals surface area (Å²) in [5, 5.41) is 6.43. The monoisotopic (exact) mass is 341 g/mol. The van der Waals surface area contributed by atoms with E-state index in [2.05, 4.69) is 15.5 Å². The van der Waals surface area contributed by atoms with Gasteiger partial charge in [0.1, 0.15) is 11.6 Å². The highest BCUT2D eigenvalue weighted by atomic mass is 32.2. The zero-order chi connectivity index (χ0) is 16.8. The highest BCUT2D eigenvalue weighted by molar-refractivity contribution is 7.99. The lowest BCUT2D eigenvalue weighted by Gasteiger charge is -2.05. The maximum absolute atomic E-state index is 13.0. The van der Waals surface area contributed by atoms with E-state index in [4.69, 9.17) is 4.52 Å². The van der Waals surface area contributed by atoms with E-state index < -0.39 is 11.6 Å². The zero-order valence-corrected chi connectivity index (χ0v) is 13.6. The summed E-state index contributed by atoms with van der Waals surface area (Å²) in [6.07, 6.45) is 0. The summed E-state index contributed by atoms with van der Waals surface area (Å²) in [7, 11) is 0. The van der Waals surface area contributed by atoms with E-state index in [9.17, 15) is 13.6 Å². The number of thioether (sulfide) groups is 1. The molecule has 124 valence electrons. The number of aromatic nitrogens is 2. The molecule has 5 nitrogen and oxygen atoms in total. The van der Waals surface area contributed by atoms with Crippen LogP contribution in [0, 0.1) is 11.6 Å². The van der Waals surface area contributed by atoms with Crippen molar-refractivity contribution >= 4 is 17.7 Å². The molecule has 0 aliphatic carbocycles. The summed E-state index contributed by atoms with van der Waals surface area (Å²) < 4.78 is 31.1. The van der Waals surface area contributed by atoms with Crippen molar-refractivity contribution in [1.29, 1.82) is 0 Å².